The fraction of sp³-hybridized carbons (Fsp3) is 0.353. The van der Waals surface area contributed by atoms with Crippen molar-refractivity contribution in [1.82, 2.24) is 4.90 Å². The summed E-state index contributed by atoms with van der Waals surface area (Å²) < 4.78 is 5.53. The number of ether oxygens (including phenoxy) is 1. The molecule has 1 amide bonds. The van der Waals surface area contributed by atoms with E-state index >= 15 is 0 Å². The fourth-order valence-electron chi connectivity index (χ4n) is 1.84. The zero-order valence-electron chi connectivity index (χ0n) is 12.6. The first kappa shape index (κ1) is 16.0. The topological polar surface area (TPSA) is 29.5 Å². The van der Waals surface area contributed by atoms with E-state index in [0.717, 1.165) is 16.9 Å². The van der Waals surface area contributed by atoms with Gasteiger partial charge < -0.3 is 9.64 Å². The van der Waals surface area contributed by atoms with Crippen LogP contribution >= 0.6 is 0 Å². The van der Waals surface area contributed by atoms with E-state index in [9.17, 15) is 4.79 Å². The minimum atomic E-state index is -0.0122. The highest BCUT2D eigenvalue weighted by Crippen LogP contribution is 2.19. The molecule has 0 aliphatic heterocycles. The fourth-order valence-corrected chi connectivity index (χ4v) is 1.84. The minimum absolute atomic E-state index is 0.0122. The second-order valence-electron chi connectivity index (χ2n) is 4.61. The summed E-state index contributed by atoms with van der Waals surface area (Å²) in [4.78, 5) is 13.9. The number of likely N-dealkylation sites (N-methyl/N-ethyl adjacent to an activating group) is 1. The highest BCUT2D eigenvalue weighted by molar-refractivity contribution is 5.92. The van der Waals surface area contributed by atoms with Crippen molar-refractivity contribution >= 4 is 12.0 Å². The molecule has 3 nitrogen and oxygen atoms in total. The van der Waals surface area contributed by atoms with Crippen LogP contribution in [0.15, 0.2) is 42.5 Å². The first-order chi connectivity index (χ1) is 9.58. The molecule has 0 unspecified atom stereocenters. The summed E-state index contributed by atoms with van der Waals surface area (Å²) in [6, 6.07) is 7.69. The van der Waals surface area contributed by atoms with Gasteiger partial charge in [-0.3, -0.25) is 4.79 Å². The van der Waals surface area contributed by atoms with Gasteiger partial charge in [0.2, 0.25) is 5.91 Å². The van der Waals surface area contributed by atoms with Gasteiger partial charge in [-0.05, 0) is 32.9 Å². The molecule has 0 saturated carbocycles. The zero-order valence-corrected chi connectivity index (χ0v) is 12.6. The van der Waals surface area contributed by atoms with E-state index in [2.05, 4.69) is 6.58 Å². The highest BCUT2D eigenvalue weighted by atomic mass is 16.5. The van der Waals surface area contributed by atoms with Crippen molar-refractivity contribution in [3.05, 3.63) is 48.1 Å². The zero-order chi connectivity index (χ0) is 15.0. The molecule has 0 radical (unpaired) electrons. The molecule has 1 aromatic carbocycles. The van der Waals surface area contributed by atoms with Crippen molar-refractivity contribution in [2.24, 2.45) is 0 Å². The van der Waals surface area contributed by atoms with E-state index in [0.29, 0.717) is 19.7 Å². The summed E-state index contributed by atoms with van der Waals surface area (Å²) in [6.07, 6.45) is 3.39. The third kappa shape index (κ3) is 4.92. The maximum atomic E-state index is 12.1. The molecule has 0 N–H and O–H groups in total. The van der Waals surface area contributed by atoms with Crippen LogP contribution in [0.25, 0.3) is 6.08 Å². The third-order valence-corrected chi connectivity index (χ3v) is 2.78. The Balaban J connectivity index is 2.80. The lowest BCUT2D eigenvalue weighted by molar-refractivity contribution is -0.125. The van der Waals surface area contributed by atoms with Crippen LogP contribution in [0.1, 0.15) is 26.3 Å². The predicted octanol–water partition coefficient (Wildman–Crippen LogP) is 3.52. The van der Waals surface area contributed by atoms with E-state index < -0.39 is 0 Å². The lowest BCUT2D eigenvalue weighted by atomic mass is 10.2. The summed E-state index contributed by atoms with van der Waals surface area (Å²) in [5.74, 6) is 0.781. The van der Waals surface area contributed by atoms with Crippen molar-refractivity contribution in [1.29, 1.82) is 0 Å². The van der Waals surface area contributed by atoms with Gasteiger partial charge in [0.15, 0.2) is 0 Å². The van der Waals surface area contributed by atoms with Crippen LogP contribution in [0.3, 0.4) is 0 Å². The van der Waals surface area contributed by atoms with Gasteiger partial charge >= 0.3 is 0 Å². The summed E-state index contributed by atoms with van der Waals surface area (Å²) in [5.41, 5.74) is 1.89. The summed E-state index contributed by atoms with van der Waals surface area (Å²) in [7, 11) is 0. The molecule has 0 bridgehead atoms. The quantitative estimate of drug-likeness (QED) is 0.562. The monoisotopic (exact) mass is 273 g/mol. The van der Waals surface area contributed by atoms with E-state index in [4.69, 9.17) is 4.74 Å². The molecule has 0 heterocycles. The van der Waals surface area contributed by atoms with Crippen molar-refractivity contribution in [2.45, 2.75) is 20.8 Å². The van der Waals surface area contributed by atoms with Crippen LogP contribution in [0.5, 0.6) is 5.75 Å². The maximum absolute atomic E-state index is 12.1. The first-order valence-corrected chi connectivity index (χ1v) is 6.91. The number of amides is 1. The summed E-state index contributed by atoms with van der Waals surface area (Å²) in [6.45, 7) is 11.5. The van der Waals surface area contributed by atoms with E-state index in [1.165, 1.54) is 0 Å². The molecule has 0 saturated heterocycles. The van der Waals surface area contributed by atoms with Crippen LogP contribution in [-0.4, -0.2) is 30.5 Å². The molecule has 0 aromatic heterocycles. The predicted molar refractivity (Wildman–Crippen MR) is 83.7 cm³/mol. The SMILES string of the molecule is C=C(C)CN(CC)C(=O)/C=C/c1ccccc1OCC. The Hall–Kier alpha value is -2.03. The van der Waals surface area contributed by atoms with Crippen LogP contribution in [0.4, 0.5) is 0 Å². The van der Waals surface area contributed by atoms with Crippen molar-refractivity contribution in [3.8, 4) is 5.75 Å². The Bertz CT molecular complexity index is 492. The van der Waals surface area contributed by atoms with Crippen molar-refractivity contribution in [2.75, 3.05) is 19.7 Å². The molecule has 0 fully saturated rings. The smallest absolute Gasteiger partial charge is 0.246 e. The average Bonchev–Trinajstić information content (AvgIpc) is 2.43. The number of nitrogens with zero attached hydrogens (tertiary/aromatic N) is 1. The Morgan fingerprint density at radius 3 is 2.65 bits per heavy atom. The van der Waals surface area contributed by atoms with E-state index in [1.54, 1.807) is 17.1 Å². The van der Waals surface area contributed by atoms with Crippen LogP contribution < -0.4 is 4.74 Å². The first-order valence-electron chi connectivity index (χ1n) is 6.91. The van der Waals surface area contributed by atoms with Crippen LogP contribution in [0, 0.1) is 0 Å². The average molecular weight is 273 g/mol. The van der Waals surface area contributed by atoms with Gasteiger partial charge in [0.05, 0.1) is 6.61 Å². The van der Waals surface area contributed by atoms with E-state index in [1.807, 2.05) is 45.0 Å². The number of para-hydroxylation sites is 1. The minimum Gasteiger partial charge on any atom is -0.493 e. The van der Waals surface area contributed by atoms with Crippen LogP contribution in [-0.2, 0) is 4.79 Å². The second-order valence-corrected chi connectivity index (χ2v) is 4.61. The Kier molecular flexibility index (Phi) is 6.57. The molecule has 1 rings (SSSR count). The number of rotatable bonds is 7. The number of benzene rings is 1. The second kappa shape index (κ2) is 8.20. The van der Waals surface area contributed by atoms with Crippen molar-refractivity contribution < 1.29 is 9.53 Å². The van der Waals surface area contributed by atoms with Gasteiger partial charge in [0.1, 0.15) is 5.75 Å². The highest BCUT2D eigenvalue weighted by Gasteiger charge is 2.08. The molecule has 0 spiro atoms. The largest absolute Gasteiger partial charge is 0.493 e. The number of hydrogen-bond donors (Lipinski definition) is 0. The molecule has 1 aromatic rings. The van der Waals surface area contributed by atoms with Gasteiger partial charge in [-0.2, -0.15) is 0 Å². The van der Waals surface area contributed by atoms with Gasteiger partial charge in [0, 0.05) is 24.7 Å². The molecule has 20 heavy (non-hydrogen) atoms. The molecule has 0 aliphatic rings. The molecular formula is C17H23NO2. The van der Waals surface area contributed by atoms with Gasteiger partial charge in [-0.1, -0.05) is 30.4 Å². The Morgan fingerprint density at radius 2 is 2.05 bits per heavy atom. The van der Waals surface area contributed by atoms with Gasteiger partial charge in [-0.25, -0.2) is 0 Å². The van der Waals surface area contributed by atoms with Gasteiger partial charge in [-0.15, -0.1) is 0 Å². The molecule has 108 valence electrons. The molecule has 3 heteroatoms. The summed E-state index contributed by atoms with van der Waals surface area (Å²) in [5, 5.41) is 0. The normalized spacial score (nSPS) is 10.6. The lowest BCUT2D eigenvalue weighted by Gasteiger charge is -2.19. The molecule has 0 atom stereocenters. The number of carbonyl (C=O) groups is 1. The van der Waals surface area contributed by atoms with Crippen molar-refractivity contribution in [3.63, 3.8) is 0 Å². The standard InChI is InChI=1S/C17H23NO2/c1-5-18(13-14(3)4)17(19)12-11-15-9-7-8-10-16(15)20-6-2/h7-12H,3,5-6,13H2,1-2,4H3/b12-11+. The summed E-state index contributed by atoms with van der Waals surface area (Å²) >= 11 is 0. The lowest BCUT2D eigenvalue weighted by Crippen LogP contribution is -2.30. The number of hydrogen-bond acceptors (Lipinski definition) is 2. The number of carbonyl (C=O) groups excluding carboxylic acids is 1. The van der Waals surface area contributed by atoms with E-state index in [-0.39, 0.29) is 5.91 Å². The Morgan fingerprint density at radius 1 is 1.35 bits per heavy atom. The third-order valence-electron chi connectivity index (χ3n) is 2.78. The molecular weight excluding hydrogens is 250 g/mol. The molecule has 0 aliphatic carbocycles. The maximum Gasteiger partial charge on any atom is 0.246 e. The van der Waals surface area contributed by atoms with Crippen LogP contribution in [0.2, 0.25) is 0 Å². The Labute approximate surface area is 121 Å². The van der Waals surface area contributed by atoms with Gasteiger partial charge in [0.25, 0.3) is 0 Å².